The van der Waals surface area contributed by atoms with Crippen LogP contribution in [0, 0.1) is 0 Å². The Morgan fingerprint density at radius 3 is 2.76 bits per heavy atom. The monoisotopic (exact) mass is 400 g/mol. The Morgan fingerprint density at radius 2 is 2.10 bits per heavy atom. The zero-order chi connectivity index (χ0) is 20.8. The summed E-state index contributed by atoms with van der Waals surface area (Å²) < 4.78 is 29.1. The lowest BCUT2D eigenvalue weighted by molar-refractivity contribution is -0.117. The highest BCUT2D eigenvalue weighted by atomic mass is 19.3. The maximum absolute atomic E-state index is 13.7. The smallest absolute Gasteiger partial charge is 0.303 e. The van der Waals surface area contributed by atoms with Gasteiger partial charge in [0.15, 0.2) is 0 Å². The molecular weight excluding hydrogens is 382 g/mol. The van der Waals surface area contributed by atoms with Gasteiger partial charge in [0.25, 0.3) is 0 Å². The van der Waals surface area contributed by atoms with Crippen LogP contribution in [-0.2, 0) is 15.5 Å². The van der Waals surface area contributed by atoms with E-state index in [9.17, 15) is 18.4 Å². The summed E-state index contributed by atoms with van der Waals surface area (Å²) in [6.07, 6.45) is 5.67. The Balaban J connectivity index is 1.92. The van der Waals surface area contributed by atoms with Gasteiger partial charge in [0.2, 0.25) is 17.6 Å². The van der Waals surface area contributed by atoms with Gasteiger partial charge in [-0.05, 0) is 12.5 Å². The fourth-order valence-corrected chi connectivity index (χ4v) is 3.35. The lowest BCUT2D eigenvalue weighted by atomic mass is 10.2. The zero-order valence-corrected chi connectivity index (χ0v) is 15.8. The van der Waals surface area contributed by atoms with Gasteiger partial charge in [-0.1, -0.05) is 0 Å². The average Bonchev–Trinajstić information content (AvgIpc) is 3.23. The van der Waals surface area contributed by atoms with Gasteiger partial charge in [-0.15, -0.1) is 0 Å². The van der Waals surface area contributed by atoms with Gasteiger partial charge >= 0.3 is 5.92 Å². The molecule has 1 N–H and O–H groups in total. The molecule has 10 heteroatoms. The molecule has 3 aromatic rings. The van der Waals surface area contributed by atoms with Crippen molar-refractivity contribution in [2.24, 2.45) is 0 Å². The number of carbonyl (C=O) groups is 2. The van der Waals surface area contributed by atoms with Crippen LogP contribution in [0.25, 0.3) is 16.7 Å². The van der Waals surface area contributed by atoms with E-state index in [1.165, 1.54) is 19.2 Å². The van der Waals surface area contributed by atoms with Crippen molar-refractivity contribution in [2.75, 3.05) is 16.8 Å². The third kappa shape index (κ3) is 3.53. The molecule has 0 radical (unpaired) electrons. The van der Waals surface area contributed by atoms with Crippen LogP contribution in [0.2, 0.25) is 0 Å². The Kier molecular flexibility index (Phi) is 4.48. The predicted molar refractivity (Wildman–Crippen MR) is 102 cm³/mol. The molecule has 1 fully saturated rings. The van der Waals surface area contributed by atoms with E-state index in [-0.39, 0.29) is 17.6 Å². The van der Waals surface area contributed by atoms with Crippen molar-refractivity contribution in [1.82, 2.24) is 19.5 Å². The first-order valence-electron chi connectivity index (χ1n) is 9.05. The summed E-state index contributed by atoms with van der Waals surface area (Å²) in [5, 5.41) is 3.25. The second kappa shape index (κ2) is 6.87. The summed E-state index contributed by atoms with van der Waals surface area (Å²) in [4.78, 5) is 37.2. The highest BCUT2D eigenvalue weighted by molar-refractivity contribution is 6.05. The number of halogens is 2. The SMILES string of the molecule is CC(=O)Nc1cc2c(cn1)c(N1CCCC1=O)cn2-c1ccnc(C(C)(F)F)n1. The minimum absolute atomic E-state index is 0.0153. The standard InChI is InChI=1S/C19H18F2N6O2/c1-11(28)24-15-8-13-12(9-23-15)14(26-7-3-4-17(26)29)10-27(13)16-5-6-22-18(25-16)19(2,20)21/h5-6,8-10H,3-4,7H2,1-2H3,(H,23,24,28). The molecule has 0 aliphatic carbocycles. The lowest BCUT2D eigenvalue weighted by Gasteiger charge is -2.14. The number of pyridine rings is 1. The molecule has 0 atom stereocenters. The van der Waals surface area contributed by atoms with Crippen LogP contribution in [0.15, 0.2) is 30.7 Å². The van der Waals surface area contributed by atoms with Crippen LogP contribution in [-0.4, -0.2) is 37.9 Å². The maximum atomic E-state index is 13.7. The van der Waals surface area contributed by atoms with Crippen molar-refractivity contribution < 1.29 is 18.4 Å². The molecule has 1 saturated heterocycles. The number of rotatable bonds is 4. The molecule has 4 rings (SSSR count). The van der Waals surface area contributed by atoms with Crippen LogP contribution in [0.5, 0.6) is 0 Å². The number of hydrogen-bond donors (Lipinski definition) is 1. The van der Waals surface area contributed by atoms with Crippen LogP contribution in [0.1, 0.15) is 32.5 Å². The molecule has 1 aliphatic rings. The second-order valence-electron chi connectivity index (χ2n) is 6.93. The first-order valence-corrected chi connectivity index (χ1v) is 9.05. The lowest BCUT2D eigenvalue weighted by Crippen LogP contribution is -2.23. The fourth-order valence-electron chi connectivity index (χ4n) is 3.35. The highest BCUT2D eigenvalue weighted by Gasteiger charge is 2.29. The molecular formula is C19H18F2N6O2. The summed E-state index contributed by atoms with van der Waals surface area (Å²) >= 11 is 0. The second-order valence-corrected chi connectivity index (χ2v) is 6.93. The Morgan fingerprint density at radius 1 is 1.31 bits per heavy atom. The van der Waals surface area contributed by atoms with E-state index >= 15 is 0 Å². The summed E-state index contributed by atoms with van der Waals surface area (Å²) in [7, 11) is 0. The minimum atomic E-state index is -3.20. The van der Waals surface area contributed by atoms with Crippen LogP contribution in [0.3, 0.4) is 0 Å². The normalized spacial score (nSPS) is 14.6. The molecule has 1 aliphatic heterocycles. The van der Waals surface area contributed by atoms with Crippen molar-refractivity contribution in [3.63, 3.8) is 0 Å². The molecule has 29 heavy (non-hydrogen) atoms. The van der Waals surface area contributed by atoms with Crippen LogP contribution < -0.4 is 10.2 Å². The van der Waals surface area contributed by atoms with E-state index in [0.717, 1.165) is 13.3 Å². The number of alkyl halides is 2. The summed E-state index contributed by atoms with van der Waals surface area (Å²) in [6.45, 7) is 2.65. The molecule has 0 saturated carbocycles. The molecule has 0 aromatic carbocycles. The molecule has 4 heterocycles. The van der Waals surface area contributed by atoms with Gasteiger partial charge < -0.3 is 10.2 Å². The highest BCUT2D eigenvalue weighted by Crippen LogP contribution is 2.34. The van der Waals surface area contributed by atoms with Crippen LogP contribution in [0.4, 0.5) is 20.3 Å². The number of carbonyl (C=O) groups excluding carboxylic acids is 2. The molecule has 150 valence electrons. The van der Waals surface area contributed by atoms with Crippen molar-refractivity contribution in [3.8, 4) is 5.82 Å². The van der Waals surface area contributed by atoms with Gasteiger partial charge in [-0.3, -0.25) is 14.2 Å². The molecule has 3 aromatic heterocycles. The molecule has 8 nitrogen and oxygen atoms in total. The van der Waals surface area contributed by atoms with Gasteiger partial charge in [0.1, 0.15) is 11.6 Å². The van der Waals surface area contributed by atoms with Gasteiger partial charge in [-0.25, -0.2) is 15.0 Å². The maximum Gasteiger partial charge on any atom is 0.303 e. The third-order valence-electron chi connectivity index (χ3n) is 4.62. The number of nitrogens with zero attached hydrogens (tertiary/aromatic N) is 5. The van der Waals surface area contributed by atoms with Gasteiger partial charge in [-0.2, -0.15) is 8.78 Å². The van der Waals surface area contributed by atoms with E-state index in [1.807, 2.05) is 0 Å². The van der Waals surface area contributed by atoms with E-state index in [1.54, 1.807) is 27.9 Å². The minimum Gasteiger partial charge on any atom is -0.311 e. The number of nitrogens with one attached hydrogen (secondary N) is 1. The van der Waals surface area contributed by atoms with E-state index < -0.39 is 11.7 Å². The first-order chi connectivity index (χ1) is 13.7. The molecule has 0 unspecified atom stereocenters. The van der Waals surface area contributed by atoms with E-state index in [4.69, 9.17) is 0 Å². The Bertz CT molecular complexity index is 1120. The van der Waals surface area contributed by atoms with Gasteiger partial charge in [0.05, 0.1) is 11.2 Å². The molecule has 0 spiro atoms. The topological polar surface area (TPSA) is 93.0 Å². The number of anilines is 2. The van der Waals surface area contributed by atoms with Gasteiger partial charge in [0, 0.05) is 56.9 Å². The fraction of sp³-hybridized carbons (Fsp3) is 0.316. The summed E-state index contributed by atoms with van der Waals surface area (Å²) in [5.74, 6) is -3.58. The number of fused-ring (bicyclic) bond motifs is 1. The zero-order valence-electron chi connectivity index (χ0n) is 15.8. The van der Waals surface area contributed by atoms with Crippen molar-refractivity contribution in [2.45, 2.75) is 32.6 Å². The van der Waals surface area contributed by atoms with E-state index in [0.29, 0.717) is 35.4 Å². The Hall–Kier alpha value is -3.43. The van der Waals surface area contributed by atoms with Crippen molar-refractivity contribution in [3.05, 3.63) is 36.5 Å². The Labute approximate surface area is 164 Å². The first kappa shape index (κ1) is 18.9. The summed E-state index contributed by atoms with van der Waals surface area (Å²) in [5.41, 5.74) is 1.19. The number of aromatic nitrogens is 4. The third-order valence-corrected chi connectivity index (χ3v) is 4.62. The largest absolute Gasteiger partial charge is 0.311 e. The summed E-state index contributed by atoms with van der Waals surface area (Å²) in [6, 6.07) is 3.12. The van der Waals surface area contributed by atoms with E-state index in [2.05, 4.69) is 20.3 Å². The molecule has 0 bridgehead atoms. The predicted octanol–water partition coefficient (Wildman–Crippen LogP) is 3.01. The number of hydrogen-bond acceptors (Lipinski definition) is 5. The van der Waals surface area contributed by atoms with Crippen molar-refractivity contribution in [1.29, 1.82) is 0 Å². The number of amides is 2. The molecule has 2 amide bonds. The average molecular weight is 400 g/mol. The quantitative estimate of drug-likeness (QED) is 0.727. The van der Waals surface area contributed by atoms with Crippen molar-refractivity contribution >= 4 is 34.2 Å². The van der Waals surface area contributed by atoms with Crippen LogP contribution >= 0.6 is 0 Å².